The molecule has 0 amide bonds. The van der Waals surface area contributed by atoms with Gasteiger partial charge in [0.2, 0.25) is 0 Å². The molecule has 3 heteroatoms. The molecule has 0 radical (unpaired) electrons. The van der Waals surface area contributed by atoms with E-state index in [0.717, 1.165) is 37.0 Å². The minimum Gasteiger partial charge on any atom is -0.496 e. The lowest BCUT2D eigenvalue weighted by molar-refractivity contribution is -0.148. The third kappa shape index (κ3) is 2.28. The molecule has 0 aliphatic heterocycles. The molecule has 1 N–H and O–H groups in total. The number of rotatable bonds is 4. The van der Waals surface area contributed by atoms with Crippen LogP contribution in [0.1, 0.15) is 31.2 Å². The van der Waals surface area contributed by atoms with Crippen LogP contribution in [0.5, 0.6) is 5.75 Å². The molecular formula is C14H18O3. The van der Waals surface area contributed by atoms with Crippen molar-refractivity contribution in [2.24, 2.45) is 5.41 Å². The molecule has 3 nitrogen and oxygen atoms in total. The maximum absolute atomic E-state index is 11.5. The second-order valence-corrected chi connectivity index (χ2v) is 4.78. The molecule has 0 spiro atoms. The minimum atomic E-state index is -0.666. The minimum absolute atomic E-state index is 0.575. The fourth-order valence-corrected chi connectivity index (χ4v) is 2.73. The summed E-state index contributed by atoms with van der Waals surface area (Å²) in [4.78, 5) is 11.5. The number of aliphatic carboxylic acids is 1. The molecule has 0 atom stereocenters. The van der Waals surface area contributed by atoms with Crippen molar-refractivity contribution < 1.29 is 14.6 Å². The summed E-state index contributed by atoms with van der Waals surface area (Å²) in [5.74, 6) is 0.126. The summed E-state index contributed by atoms with van der Waals surface area (Å²) in [6.07, 6.45) is 4.16. The van der Waals surface area contributed by atoms with Gasteiger partial charge in [-0.25, -0.2) is 0 Å². The van der Waals surface area contributed by atoms with Gasteiger partial charge in [-0.15, -0.1) is 0 Å². The molecule has 1 saturated carbocycles. The van der Waals surface area contributed by atoms with Gasteiger partial charge in [0.15, 0.2) is 0 Å². The lowest BCUT2D eigenvalue weighted by Crippen LogP contribution is -2.30. The van der Waals surface area contributed by atoms with Gasteiger partial charge in [-0.3, -0.25) is 4.79 Å². The summed E-state index contributed by atoms with van der Waals surface area (Å²) in [6, 6.07) is 7.69. The summed E-state index contributed by atoms with van der Waals surface area (Å²) >= 11 is 0. The summed E-state index contributed by atoms with van der Waals surface area (Å²) < 4.78 is 5.29. The first kappa shape index (κ1) is 12.0. The molecule has 1 fully saturated rings. The smallest absolute Gasteiger partial charge is 0.309 e. The first-order valence-corrected chi connectivity index (χ1v) is 6.03. The molecular weight excluding hydrogens is 216 g/mol. The van der Waals surface area contributed by atoms with Crippen LogP contribution in [0.15, 0.2) is 24.3 Å². The molecule has 1 aliphatic carbocycles. The van der Waals surface area contributed by atoms with Crippen LogP contribution in [0.4, 0.5) is 0 Å². The monoisotopic (exact) mass is 234 g/mol. The van der Waals surface area contributed by atoms with Crippen molar-refractivity contribution in [3.05, 3.63) is 29.8 Å². The Morgan fingerprint density at radius 1 is 1.35 bits per heavy atom. The normalized spacial score (nSPS) is 17.9. The first-order valence-electron chi connectivity index (χ1n) is 6.03. The number of para-hydroxylation sites is 1. The van der Waals surface area contributed by atoms with Gasteiger partial charge in [0.1, 0.15) is 5.75 Å². The Kier molecular flexibility index (Phi) is 3.36. The van der Waals surface area contributed by atoms with Gasteiger partial charge in [-0.05, 0) is 30.9 Å². The molecule has 0 aromatic heterocycles. The van der Waals surface area contributed by atoms with E-state index in [1.54, 1.807) is 7.11 Å². The van der Waals surface area contributed by atoms with E-state index in [0.29, 0.717) is 6.42 Å². The SMILES string of the molecule is COc1ccccc1CC1(C(=O)O)CCCC1. The lowest BCUT2D eigenvalue weighted by atomic mass is 9.80. The fourth-order valence-electron chi connectivity index (χ4n) is 2.73. The second-order valence-electron chi connectivity index (χ2n) is 4.78. The van der Waals surface area contributed by atoms with E-state index in [9.17, 15) is 9.90 Å². The van der Waals surface area contributed by atoms with Gasteiger partial charge < -0.3 is 9.84 Å². The van der Waals surface area contributed by atoms with Crippen molar-refractivity contribution in [2.75, 3.05) is 7.11 Å². The number of carboxylic acid groups (broad SMARTS) is 1. The number of ether oxygens (including phenoxy) is 1. The van der Waals surface area contributed by atoms with Gasteiger partial charge in [0.25, 0.3) is 0 Å². The number of benzene rings is 1. The Balaban J connectivity index is 2.26. The third-order valence-corrected chi connectivity index (χ3v) is 3.74. The van der Waals surface area contributed by atoms with Crippen LogP contribution in [0.25, 0.3) is 0 Å². The predicted molar refractivity (Wildman–Crippen MR) is 65.2 cm³/mol. The van der Waals surface area contributed by atoms with E-state index in [1.807, 2.05) is 24.3 Å². The van der Waals surface area contributed by atoms with Crippen molar-refractivity contribution in [2.45, 2.75) is 32.1 Å². The standard InChI is InChI=1S/C14H18O3/c1-17-12-7-3-2-6-11(12)10-14(13(15)16)8-4-5-9-14/h2-3,6-7H,4-5,8-10H2,1H3,(H,15,16). The Morgan fingerprint density at radius 2 is 2.00 bits per heavy atom. The molecule has 0 heterocycles. The van der Waals surface area contributed by atoms with Crippen molar-refractivity contribution in [3.8, 4) is 5.75 Å². The maximum atomic E-state index is 11.5. The Morgan fingerprint density at radius 3 is 2.59 bits per heavy atom. The Hall–Kier alpha value is -1.51. The second kappa shape index (κ2) is 4.78. The number of hydrogen-bond acceptors (Lipinski definition) is 2. The van der Waals surface area contributed by atoms with Crippen LogP contribution >= 0.6 is 0 Å². The lowest BCUT2D eigenvalue weighted by Gasteiger charge is -2.24. The Bertz CT molecular complexity index is 406. The van der Waals surface area contributed by atoms with E-state index in [1.165, 1.54) is 0 Å². The molecule has 17 heavy (non-hydrogen) atoms. The van der Waals surface area contributed by atoms with Crippen LogP contribution in [0, 0.1) is 5.41 Å². The van der Waals surface area contributed by atoms with Crippen molar-refractivity contribution >= 4 is 5.97 Å². The summed E-state index contributed by atoms with van der Waals surface area (Å²) in [5.41, 5.74) is 0.425. The molecule has 0 unspecified atom stereocenters. The molecule has 2 rings (SSSR count). The zero-order valence-corrected chi connectivity index (χ0v) is 10.1. The third-order valence-electron chi connectivity index (χ3n) is 3.74. The van der Waals surface area contributed by atoms with Crippen LogP contribution in [-0.4, -0.2) is 18.2 Å². The van der Waals surface area contributed by atoms with E-state index in [2.05, 4.69) is 0 Å². The highest BCUT2D eigenvalue weighted by atomic mass is 16.5. The van der Waals surface area contributed by atoms with E-state index >= 15 is 0 Å². The highest BCUT2D eigenvalue weighted by Crippen LogP contribution is 2.42. The zero-order valence-electron chi connectivity index (χ0n) is 10.1. The molecule has 92 valence electrons. The maximum Gasteiger partial charge on any atom is 0.309 e. The highest BCUT2D eigenvalue weighted by Gasteiger charge is 2.41. The molecule has 1 aliphatic rings. The van der Waals surface area contributed by atoms with E-state index in [-0.39, 0.29) is 0 Å². The van der Waals surface area contributed by atoms with Gasteiger partial charge in [0.05, 0.1) is 12.5 Å². The summed E-state index contributed by atoms with van der Waals surface area (Å²) in [6.45, 7) is 0. The highest BCUT2D eigenvalue weighted by molar-refractivity contribution is 5.75. The van der Waals surface area contributed by atoms with Crippen molar-refractivity contribution in [1.29, 1.82) is 0 Å². The van der Waals surface area contributed by atoms with Gasteiger partial charge in [-0.2, -0.15) is 0 Å². The quantitative estimate of drug-likeness (QED) is 0.871. The van der Waals surface area contributed by atoms with Crippen LogP contribution in [0.2, 0.25) is 0 Å². The number of hydrogen-bond donors (Lipinski definition) is 1. The van der Waals surface area contributed by atoms with E-state index in [4.69, 9.17) is 4.74 Å². The predicted octanol–water partition coefficient (Wildman–Crippen LogP) is 2.88. The molecule has 1 aromatic rings. The Labute approximate surface area is 101 Å². The topological polar surface area (TPSA) is 46.5 Å². The largest absolute Gasteiger partial charge is 0.496 e. The van der Waals surface area contributed by atoms with Crippen LogP contribution in [0.3, 0.4) is 0 Å². The average Bonchev–Trinajstić information content (AvgIpc) is 2.80. The number of methoxy groups -OCH3 is 1. The number of carbonyl (C=O) groups is 1. The first-order chi connectivity index (χ1) is 8.18. The van der Waals surface area contributed by atoms with Crippen LogP contribution in [-0.2, 0) is 11.2 Å². The fraction of sp³-hybridized carbons (Fsp3) is 0.500. The molecule has 1 aromatic carbocycles. The van der Waals surface area contributed by atoms with Gasteiger partial charge in [-0.1, -0.05) is 31.0 Å². The van der Waals surface area contributed by atoms with Crippen LogP contribution < -0.4 is 4.74 Å². The summed E-state index contributed by atoms with van der Waals surface area (Å²) in [5, 5.41) is 9.45. The van der Waals surface area contributed by atoms with Crippen molar-refractivity contribution in [3.63, 3.8) is 0 Å². The van der Waals surface area contributed by atoms with E-state index < -0.39 is 11.4 Å². The van der Waals surface area contributed by atoms with Gasteiger partial charge in [0, 0.05) is 0 Å². The number of carboxylic acids is 1. The van der Waals surface area contributed by atoms with Crippen molar-refractivity contribution in [1.82, 2.24) is 0 Å². The zero-order chi connectivity index (χ0) is 12.3. The molecule has 0 saturated heterocycles. The summed E-state index contributed by atoms with van der Waals surface area (Å²) in [7, 11) is 1.63. The molecule has 0 bridgehead atoms. The average molecular weight is 234 g/mol. The van der Waals surface area contributed by atoms with Gasteiger partial charge >= 0.3 is 5.97 Å².